The monoisotopic (exact) mass is 349 g/mol. The number of nitrogen functional groups attached to an aromatic ring is 1. The second kappa shape index (κ2) is 6.36. The van der Waals surface area contributed by atoms with Crippen LogP contribution < -0.4 is 11.1 Å². The van der Waals surface area contributed by atoms with Crippen molar-refractivity contribution >= 4 is 33.2 Å². The van der Waals surface area contributed by atoms with Crippen molar-refractivity contribution in [3.05, 3.63) is 68.2 Å². The van der Waals surface area contributed by atoms with Gasteiger partial charge in [0.2, 0.25) is 0 Å². The van der Waals surface area contributed by atoms with Crippen LogP contribution in [0.3, 0.4) is 0 Å². The summed E-state index contributed by atoms with van der Waals surface area (Å²) in [6.07, 6.45) is 0. The van der Waals surface area contributed by atoms with Gasteiger partial charge in [-0.2, -0.15) is 0 Å². The fourth-order valence-corrected chi connectivity index (χ4v) is 2.00. The molecule has 0 spiro atoms. The lowest BCUT2D eigenvalue weighted by atomic mass is 10.1. The largest absolute Gasteiger partial charge is 0.398 e. The van der Waals surface area contributed by atoms with E-state index >= 15 is 0 Å². The highest BCUT2D eigenvalue weighted by Gasteiger charge is 2.15. The van der Waals surface area contributed by atoms with Crippen molar-refractivity contribution in [1.29, 1.82) is 0 Å². The van der Waals surface area contributed by atoms with Gasteiger partial charge in [-0.1, -0.05) is 28.1 Å². The first-order valence-corrected chi connectivity index (χ1v) is 6.83. The van der Waals surface area contributed by atoms with Crippen LogP contribution in [0.1, 0.15) is 15.9 Å². The third kappa shape index (κ3) is 3.79. The van der Waals surface area contributed by atoms with E-state index in [2.05, 4.69) is 21.2 Å². The first kappa shape index (κ1) is 15.0. The normalized spacial score (nSPS) is 10.1. The minimum atomic E-state index is -0.565. The van der Waals surface area contributed by atoms with Crippen LogP contribution in [0.2, 0.25) is 0 Å². The van der Waals surface area contributed by atoms with Crippen molar-refractivity contribution < 1.29 is 9.72 Å². The summed E-state index contributed by atoms with van der Waals surface area (Å²) in [7, 11) is 0. The van der Waals surface area contributed by atoms with E-state index in [1.165, 1.54) is 18.2 Å². The summed E-state index contributed by atoms with van der Waals surface area (Å²) < 4.78 is 0.945. The van der Waals surface area contributed by atoms with Gasteiger partial charge in [0.05, 0.1) is 10.5 Å². The first-order valence-electron chi connectivity index (χ1n) is 6.04. The molecule has 21 heavy (non-hydrogen) atoms. The number of non-ortho nitro benzene ring substituents is 1. The first-order chi connectivity index (χ1) is 9.97. The number of amides is 1. The second-order valence-corrected chi connectivity index (χ2v) is 5.25. The number of nitro benzene ring substituents is 1. The Kier molecular flexibility index (Phi) is 4.54. The number of carbonyl (C=O) groups excluding carboxylic acids is 1. The number of carbonyl (C=O) groups is 1. The van der Waals surface area contributed by atoms with E-state index < -0.39 is 10.8 Å². The Bertz CT molecular complexity index is 686. The van der Waals surface area contributed by atoms with Gasteiger partial charge in [-0.3, -0.25) is 14.9 Å². The standard InChI is InChI=1S/C14H12BrN3O3/c15-10-3-1-9(2-4-10)8-17-14(19)12-7-11(18(20)21)5-6-13(12)16/h1-7H,8,16H2,(H,17,19). The summed E-state index contributed by atoms with van der Waals surface area (Å²) in [5.74, 6) is -0.445. The van der Waals surface area contributed by atoms with E-state index in [1.807, 2.05) is 24.3 Å². The molecular weight excluding hydrogens is 338 g/mol. The number of anilines is 1. The molecule has 0 aliphatic rings. The Morgan fingerprint density at radius 1 is 1.24 bits per heavy atom. The number of hydrogen-bond acceptors (Lipinski definition) is 4. The zero-order valence-electron chi connectivity index (χ0n) is 10.9. The Morgan fingerprint density at radius 3 is 2.52 bits per heavy atom. The lowest BCUT2D eigenvalue weighted by Gasteiger charge is -2.07. The van der Waals surface area contributed by atoms with Crippen LogP contribution in [-0.2, 0) is 6.54 Å². The van der Waals surface area contributed by atoms with Crippen molar-refractivity contribution in [3.63, 3.8) is 0 Å². The lowest BCUT2D eigenvalue weighted by molar-refractivity contribution is -0.384. The summed E-state index contributed by atoms with van der Waals surface area (Å²) in [6, 6.07) is 11.2. The molecule has 0 atom stereocenters. The van der Waals surface area contributed by atoms with E-state index in [-0.39, 0.29) is 16.9 Å². The summed E-state index contributed by atoms with van der Waals surface area (Å²) in [5.41, 5.74) is 6.73. The van der Waals surface area contributed by atoms with Crippen molar-refractivity contribution in [2.45, 2.75) is 6.54 Å². The van der Waals surface area contributed by atoms with E-state index in [9.17, 15) is 14.9 Å². The number of nitrogens with two attached hydrogens (primary N) is 1. The van der Waals surface area contributed by atoms with Gasteiger partial charge in [0.15, 0.2) is 0 Å². The number of hydrogen-bond donors (Lipinski definition) is 2. The van der Waals surface area contributed by atoms with Crippen molar-refractivity contribution in [2.75, 3.05) is 5.73 Å². The fourth-order valence-electron chi connectivity index (χ4n) is 1.73. The molecule has 2 aromatic carbocycles. The molecule has 0 fully saturated rings. The topological polar surface area (TPSA) is 98.3 Å². The quantitative estimate of drug-likeness (QED) is 0.503. The third-order valence-corrected chi connectivity index (χ3v) is 3.39. The van der Waals surface area contributed by atoms with Crippen LogP contribution >= 0.6 is 15.9 Å². The number of nitrogens with one attached hydrogen (secondary N) is 1. The van der Waals surface area contributed by atoms with Gasteiger partial charge in [-0.25, -0.2) is 0 Å². The summed E-state index contributed by atoms with van der Waals surface area (Å²) >= 11 is 3.33. The Labute approximate surface area is 129 Å². The lowest BCUT2D eigenvalue weighted by Crippen LogP contribution is -2.23. The minimum absolute atomic E-state index is 0.0984. The molecule has 3 N–H and O–H groups in total. The Hall–Kier alpha value is -2.41. The van der Waals surface area contributed by atoms with Crippen LogP contribution in [0.15, 0.2) is 46.9 Å². The van der Waals surface area contributed by atoms with Crippen LogP contribution in [0.5, 0.6) is 0 Å². The molecule has 0 heterocycles. The maximum absolute atomic E-state index is 12.1. The molecule has 2 rings (SSSR count). The number of rotatable bonds is 4. The number of halogens is 1. The molecule has 0 aliphatic carbocycles. The van der Waals surface area contributed by atoms with Gasteiger partial charge in [0, 0.05) is 28.8 Å². The Balaban J connectivity index is 2.11. The van der Waals surface area contributed by atoms with Gasteiger partial charge in [0.25, 0.3) is 11.6 Å². The molecule has 0 unspecified atom stereocenters. The van der Waals surface area contributed by atoms with E-state index in [0.29, 0.717) is 6.54 Å². The van der Waals surface area contributed by atoms with Crippen LogP contribution in [0.4, 0.5) is 11.4 Å². The number of benzene rings is 2. The zero-order valence-corrected chi connectivity index (χ0v) is 12.5. The smallest absolute Gasteiger partial charge is 0.270 e. The van der Waals surface area contributed by atoms with Crippen molar-refractivity contribution in [2.24, 2.45) is 0 Å². The zero-order chi connectivity index (χ0) is 15.4. The molecular formula is C14H12BrN3O3. The fraction of sp³-hybridized carbons (Fsp3) is 0.0714. The summed E-state index contributed by atoms with van der Waals surface area (Å²) in [5, 5.41) is 13.4. The highest BCUT2D eigenvalue weighted by molar-refractivity contribution is 9.10. The molecule has 0 aliphatic heterocycles. The van der Waals surface area contributed by atoms with E-state index in [4.69, 9.17) is 5.73 Å². The minimum Gasteiger partial charge on any atom is -0.398 e. The average Bonchev–Trinajstić information content (AvgIpc) is 2.46. The molecule has 0 saturated heterocycles. The Morgan fingerprint density at radius 2 is 1.90 bits per heavy atom. The average molecular weight is 350 g/mol. The third-order valence-electron chi connectivity index (χ3n) is 2.86. The maximum Gasteiger partial charge on any atom is 0.270 e. The van der Waals surface area contributed by atoms with E-state index in [1.54, 1.807) is 0 Å². The van der Waals surface area contributed by atoms with Gasteiger partial charge >= 0.3 is 0 Å². The van der Waals surface area contributed by atoms with Gasteiger partial charge < -0.3 is 11.1 Å². The molecule has 0 saturated carbocycles. The molecule has 7 heteroatoms. The number of nitro groups is 1. The van der Waals surface area contributed by atoms with Crippen molar-refractivity contribution in [1.82, 2.24) is 5.32 Å². The molecule has 108 valence electrons. The molecule has 0 aromatic heterocycles. The summed E-state index contributed by atoms with van der Waals surface area (Å²) in [4.78, 5) is 22.2. The molecule has 1 amide bonds. The predicted octanol–water partition coefficient (Wildman–Crippen LogP) is 2.87. The van der Waals surface area contributed by atoms with Gasteiger partial charge in [-0.05, 0) is 23.8 Å². The summed E-state index contributed by atoms with van der Waals surface area (Å²) in [6.45, 7) is 0.314. The van der Waals surface area contributed by atoms with Crippen LogP contribution in [0, 0.1) is 10.1 Å². The molecule has 0 bridgehead atoms. The van der Waals surface area contributed by atoms with Crippen LogP contribution in [0.25, 0.3) is 0 Å². The molecule has 2 aromatic rings. The molecule has 6 nitrogen and oxygen atoms in total. The van der Waals surface area contributed by atoms with Gasteiger partial charge in [-0.15, -0.1) is 0 Å². The second-order valence-electron chi connectivity index (χ2n) is 4.34. The highest BCUT2D eigenvalue weighted by Crippen LogP contribution is 2.19. The van der Waals surface area contributed by atoms with Crippen LogP contribution in [-0.4, -0.2) is 10.8 Å². The molecule has 0 radical (unpaired) electrons. The van der Waals surface area contributed by atoms with E-state index in [0.717, 1.165) is 10.0 Å². The number of nitrogens with zero attached hydrogens (tertiary/aromatic N) is 1. The predicted molar refractivity (Wildman–Crippen MR) is 82.8 cm³/mol. The van der Waals surface area contributed by atoms with Gasteiger partial charge in [0.1, 0.15) is 0 Å². The highest BCUT2D eigenvalue weighted by atomic mass is 79.9. The maximum atomic E-state index is 12.1. The van der Waals surface area contributed by atoms with Crippen molar-refractivity contribution in [3.8, 4) is 0 Å². The SMILES string of the molecule is Nc1ccc([N+](=O)[O-])cc1C(=O)NCc1ccc(Br)cc1.